The van der Waals surface area contributed by atoms with Crippen molar-refractivity contribution in [2.45, 2.75) is 6.04 Å². The number of nitrogens with one attached hydrogen (secondary N) is 1. The molecule has 1 aliphatic rings. The molecular weight excluding hydrogens is 136 g/mol. The first-order valence-electron chi connectivity index (χ1n) is 3.63. The van der Waals surface area contributed by atoms with Crippen LogP contribution in [0.2, 0.25) is 0 Å². The Hall–Kier alpha value is -1.33. The molecular formula is C9H8N2. The number of nitrogens with zero attached hydrogens (tertiary/aromatic N) is 1. The lowest BCUT2D eigenvalue weighted by Gasteiger charge is -1.94. The molecule has 0 bridgehead atoms. The summed E-state index contributed by atoms with van der Waals surface area (Å²) in [6, 6.07) is 10.4. The molecule has 0 radical (unpaired) electrons. The van der Waals surface area contributed by atoms with Crippen molar-refractivity contribution in [2.75, 3.05) is 6.54 Å². The molecule has 54 valence electrons. The van der Waals surface area contributed by atoms with Crippen LogP contribution in [0.3, 0.4) is 0 Å². The smallest absolute Gasteiger partial charge is 0.0991 e. The molecule has 1 heterocycles. The first-order valence-corrected chi connectivity index (χ1v) is 3.63. The number of hydrogen-bond acceptors (Lipinski definition) is 2. The zero-order valence-corrected chi connectivity index (χ0v) is 6.04. The lowest BCUT2D eigenvalue weighted by Crippen LogP contribution is -1.83. The van der Waals surface area contributed by atoms with E-state index in [2.05, 4.69) is 11.4 Å². The van der Waals surface area contributed by atoms with Crippen LogP contribution in [-0.4, -0.2) is 6.54 Å². The summed E-state index contributed by atoms with van der Waals surface area (Å²) >= 11 is 0. The molecule has 0 amide bonds. The van der Waals surface area contributed by atoms with E-state index < -0.39 is 0 Å². The SMILES string of the molecule is N#Cc1ccc([C@H]2CN2)cc1. The summed E-state index contributed by atoms with van der Waals surface area (Å²) in [6.07, 6.45) is 0. The van der Waals surface area contributed by atoms with E-state index in [9.17, 15) is 0 Å². The van der Waals surface area contributed by atoms with Gasteiger partial charge in [0.25, 0.3) is 0 Å². The molecule has 0 aliphatic carbocycles. The Kier molecular flexibility index (Phi) is 1.38. The van der Waals surface area contributed by atoms with Crippen molar-refractivity contribution >= 4 is 0 Å². The van der Waals surface area contributed by atoms with Crippen LogP contribution in [0.1, 0.15) is 17.2 Å². The van der Waals surface area contributed by atoms with Gasteiger partial charge in [0.2, 0.25) is 0 Å². The van der Waals surface area contributed by atoms with E-state index in [4.69, 9.17) is 5.26 Å². The van der Waals surface area contributed by atoms with Gasteiger partial charge in [0, 0.05) is 12.6 Å². The average molecular weight is 144 g/mol. The Morgan fingerprint density at radius 1 is 1.36 bits per heavy atom. The average Bonchev–Trinajstić information content (AvgIpc) is 2.87. The highest BCUT2D eigenvalue weighted by atomic mass is 15.1. The van der Waals surface area contributed by atoms with E-state index in [1.54, 1.807) is 0 Å². The third kappa shape index (κ3) is 1.24. The van der Waals surface area contributed by atoms with Gasteiger partial charge in [0.15, 0.2) is 0 Å². The van der Waals surface area contributed by atoms with Gasteiger partial charge in [0.05, 0.1) is 11.6 Å². The van der Waals surface area contributed by atoms with Gasteiger partial charge in [-0.05, 0) is 17.7 Å². The molecule has 1 saturated heterocycles. The summed E-state index contributed by atoms with van der Waals surface area (Å²) in [5, 5.41) is 11.7. The normalized spacial score (nSPS) is 20.8. The first kappa shape index (κ1) is 6.38. The number of rotatable bonds is 1. The van der Waals surface area contributed by atoms with Gasteiger partial charge in [-0.2, -0.15) is 5.26 Å². The third-order valence-corrected chi connectivity index (χ3v) is 1.85. The van der Waals surface area contributed by atoms with Crippen molar-refractivity contribution in [2.24, 2.45) is 0 Å². The Morgan fingerprint density at radius 2 is 2.00 bits per heavy atom. The highest BCUT2D eigenvalue weighted by molar-refractivity contribution is 5.34. The van der Waals surface area contributed by atoms with Crippen molar-refractivity contribution in [3.63, 3.8) is 0 Å². The van der Waals surface area contributed by atoms with Crippen LogP contribution in [0.15, 0.2) is 24.3 Å². The molecule has 1 N–H and O–H groups in total. The van der Waals surface area contributed by atoms with E-state index >= 15 is 0 Å². The number of nitriles is 1. The molecule has 11 heavy (non-hydrogen) atoms. The van der Waals surface area contributed by atoms with Crippen LogP contribution in [0.25, 0.3) is 0 Å². The maximum absolute atomic E-state index is 8.52. The predicted molar refractivity (Wildman–Crippen MR) is 41.9 cm³/mol. The maximum Gasteiger partial charge on any atom is 0.0991 e. The second kappa shape index (κ2) is 2.37. The zero-order chi connectivity index (χ0) is 7.68. The molecule has 1 atom stereocenters. The van der Waals surface area contributed by atoms with Gasteiger partial charge in [-0.25, -0.2) is 0 Å². The molecule has 0 spiro atoms. The monoisotopic (exact) mass is 144 g/mol. The van der Waals surface area contributed by atoms with Gasteiger partial charge in [0.1, 0.15) is 0 Å². The summed E-state index contributed by atoms with van der Waals surface area (Å²) in [4.78, 5) is 0. The quantitative estimate of drug-likeness (QED) is 0.602. The van der Waals surface area contributed by atoms with Gasteiger partial charge < -0.3 is 5.32 Å². The second-order valence-electron chi connectivity index (χ2n) is 2.69. The molecule has 1 aliphatic heterocycles. The van der Waals surface area contributed by atoms with E-state index in [0.29, 0.717) is 6.04 Å². The Balaban J connectivity index is 2.27. The molecule has 2 rings (SSSR count). The molecule has 2 heteroatoms. The lowest BCUT2D eigenvalue weighted by molar-refractivity contribution is 1.08. The van der Waals surface area contributed by atoms with Crippen molar-refractivity contribution in [1.29, 1.82) is 5.26 Å². The van der Waals surface area contributed by atoms with Crippen molar-refractivity contribution in [1.82, 2.24) is 5.32 Å². The fourth-order valence-corrected chi connectivity index (χ4v) is 1.08. The van der Waals surface area contributed by atoms with Crippen LogP contribution in [0, 0.1) is 11.3 Å². The molecule has 0 saturated carbocycles. The largest absolute Gasteiger partial charge is 0.307 e. The van der Waals surface area contributed by atoms with Crippen molar-refractivity contribution < 1.29 is 0 Å². The maximum atomic E-state index is 8.52. The van der Waals surface area contributed by atoms with Gasteiger partial charge in [-0.15, -0.1) is 0 Å². The standard InChI is InChI=1S/C9H8N2/c10-5-7-1-3-8(4-2-7)9-6-11-9/h1-4,9,11H,6H2/t9-/m1/s1. The molecule has 0 unspecified atom stereocenters. The van der Waals surface area contributed by atoms with E-state index in [1.807, 2.05) is 24.3 Å². The fourth-order valence-electron chi connectivity index (χ4n) is 1.08. The van der Waals surface area contributed by atoms with Crippen molar-refractivity contribution in [3.05, 3.63) is 35.4 Å². The second-order valence-corrected chi connectivity index (χ2v) is 2.69. The fraction of sp³-hybridized carbons (Fsp3) is 0.222. The highest BCUT2D eigenvalue weighted by Crippen LogP contribution is 2.20. The zero-order valence-electron chi connectivity index (χ0n) is 6.04. The topological polar surface area (TPSA) is 45.7 Å². The summed E-state index contributed by atoms with van der Waals surface area (Å²) in [5.41, 5.74) is 2.01. The highest BCUT2D eigenvalue weighted by Gasteiger charge is 2.21. The summed E-state index contributed by atoms with van der Waals surface area (Å²) in [7, 11) is 0. The first-order chi connectivity index (χ1) is 5.40. The minimum absolute atomic E-state index is 0.544. The van der Waals surface area contributed by atoms with E-state index in [1.165, 1.54) is 5.56 Å². The third-order valence-electron chi connectivity index (χ3n) is 1.85. The van der Waals surface area contributed by atoms with Crippen LogP contribution in [0.4, 0.5) is 0 Å². The molecule has 0 aromatic heterocycles. The van der Waals surface area contributed by atoms with E-state index in [0.717, 1.165) is 12.1 Å². The van der Waals surface area contributed by atoms with E-state index in [-0.39, 0.29) is 0 Å². The van der Waals surface area contributed by atoms with Crippen LogP contribution in [-0.2, 0) is 0 Å². The molecule has 1 aromatic carbocycles. The molecule has 1 fully saturated rings. The van der Waals surface area contributed by atoms with Crippen LogP contribution < -0.4 is 5.32 Å². The Morgan fingerprint density at radius 3 is 2.45 bits per heavy atom. The number of benzene rings is 1. The van der Waals surface area contributed by atoms with Gasteiger partial charge >= 0.3 is 0 Å². The summed E-state index contributed by atoms with van der Waals surface area (Å²) in [5.74, 6) is 0. The Labute approximate surface area is 65.5 Å². The Bertz CT molecular complexity index is 290. The van der Waals surface area contributed by atoms with Crippen LogP contribution >= 0.6 is 0 Å². The van der Waals surface area contributed by atoms with Gasteiger partial charge in [-0.3, -0.25) is 0 Å². The molecule has 2 nitrogen and oxygen atoms in total. The van der Waals surface area contributed by atoms with Crippen molar-refractivity contribution in [3.8, 4) is 6.07 Å². The van der Waals surface area contributed by atoms with Crippen LogP contribution in [0.5, 0.6) is 0 Å². The predicted octanol–water partition coefficient (Wildman–Crippen LogP) is 1.20. The van der Waals surface area contributed by atoms with Gasteiger partial charge in [-0.1, -0.05) is 12.1 Å². The lowest BCUT2D eigenvalue weighted by atomic mass is 10.1. The summed E-state index contributed by atoms with van der Waals surface area (Å²) < 4.78 is 0. The molecule has 1 aromatic rings. The summed E-state index contributed by atoms with van der Waals surface area (Å²) in [6.45, 7) is 1.08. The number of hydrogen-bond donors (Lipinski definition) is 1. The minimum atomic E-state index is 0.544. The minimum Gasteiger partial charge on any atom is -0.307 e.